The minimum atomic E-state index is -0.617. The molecular weight excluding hydrogens is 253 g/mol. The third-order valence-corrected chi connectivity index (χ3v) is 3.13. The fraction of sp³-hybridized carbons (Fsp3) is 0.143. The van der Waals surface area contributed by atoms with E-state index < -0.39 is 11.9 Å². The predicted molar refractivity (Wildman–Crippen MR) is 70.4 cm³/mol. The topological polar surface area (TPSA) is 35.2 Å². The van der Waals surface area contributed by atoms with Crippen LogP contribution in [0.2, 0.25) is 5.02 Å². The monoisotopic (exact) mass is 265 g/mol. The highest BCUT2D eigenvalue weighted by molar-refractivity contribution is 6.31. The van der Waals surface area contributed by atoms with Gasteiger partial charge < -0.3 is 10.5 Å². The molecule has 0 saturated heterocycles. The van der Waals surface area contributed by atoms with Crippen LogP contribution in [0.1, 0.15) is 17.2 Å². The van der Waals surface area contributed by atoms with Crippen molar-refractivity contribution < 1.29 is 9.13 Å². The van der Waals surface area contributed by atoms with Crippen LogP contribution in [0.4, 0.5) is 4.39 Å². The third kappa shape index (κ3) is 2.33. The van der Waals surface area contributed by atoms with Crippen LogP contribution in [-0.4, -0.2) is 7.11 Å². The summed E-state index contributed by atoms with van der Waals surface area (Å²) in [5.74, 6) is -0.276. The number of hydrogen-bond donors (Lipinski definition) is 1. The van der Waals surface area contributed by atoms with Gasteiger partial charge in [0.05, 0.1) is 13.2 Å². The van der Waals surface area contributed by atoms with Crippen LogP contribution in [0.5, 0.6) is 5.75 Å². The van der Waals surface area contributed by atoms with E-state index in [4.69, 9.17) is 22.1 Å². The van der Waals surface area contributed by atoms with E-state index in [0.717, 1.165) is 0 Å². The first-order valence-electron chi connectivity index (χ1n) is 5.47. The number of hydrogen-bond acceptors (Lipinski definition) is 2. The molecule has 1 atom stereocenters. The summed E-state index contributed by atoms with van der Waals surface area (Å²) < 4.78 is 19.0. The maximum absolute atomic E-state index is 14.1. The summed E-state index contributed by atoms with van der Waals surface area (Å²) >= 11 is 6.06. The Morgan fingerprint density at radius 3 is 2.44 bits per heavy atom. The van der Waals surface area contributed by atoms with Crippen molar-refractivity contribution in [3.63, 3.8) is 0 Å². The van der Waals surface area contributed by atoms with Crippen molar-refractivity contribution in [1.29, 1.82) is 0 Å². The molecule has 0 bridgehead atoms. The highest BCUT2D eigenvalue weighted by Crippen LogP contribution is 2.30. The molecule has 0 aromatic heterocycles. The van der Waals surface area contributed by atoms with Gasteiger partial charge in [-0.1, -0.05) is 41.9 Å². The molecule has 4 heteroatoms. The lowest BCUT2D eigenvalue weighted by atomic mass is 9.99. The quantitative estimate of drug-likeness (QED) is 0.921. The van der Waals surface area contributed by atoms with E-state index in [1.165, 1.54) is 7.11 Å². The van der Waals surface area contributed by atoms with E-state index in [1.807, 2.05) is 6.07 Å². The Bertz CT molecular complexity index is 559. The lowest BCUT2D eigenvalue weighted by Crippen LogP contribution is -2.14. The van der Waals surface area contributed by atoms with Crippen molar-refractivity contribution in [2.45, 2.75) is 6.04 Å². The zero-order valence-electron chi connectivity index (χ0n) is 9.86. The summed E-state index contributed by atoms with van der Waals surface area (Å²) in [6.07, 6.45) is 0. The molecule has 2 aromatic rings. The predicted octanol–water partition coefficient (Wildman–Crippen LogP) is 3.54. The number of ether oxygens (including phenoxy) is 1. The van der Waals surface area contributed by atoms with Crippen molar-refractivity contribution in [2.24, 2.45) is 5.73 Å². The zero-order chi connectivity index (χ0) is 13.1. The van der Waals surface area contributed by atoms with Gasteiger partial charge in [0.2, 0.25) is 0 Å². The summed E-state index contributed by atoms with van der Waals surface area (Å²) in [5.41, 5.74) is 7.11. The Kier molecular flexibility index (Phi) is 3.84. The first-order chi connectivity index (χ1) is 8.65. The van der Waals surface area contributed by atoms with Crippen molar-refractivity contribution in [3.8, 4) is 5.75 Å². The average Bonchev–Trinajstić information content (AvgIpc) is 2.39. The van der Waals surface area contributed by atoms with Crippen LogP contribution in [-0.2, 0) is 0 Å². The van der Waals surface area contributed by atoms with E-state index in [-0.39, 0.29) is 5.75 Å². The van der Waals surface area contributed by atoms with E-state index in [1.54, 1.807) is 36.4 Å². The van der Waals surface area contributed by atoms with Crippen molar-refractivity contribution in [3.05, 3.63) is 64.4 Å². The molecule has 0 fully saturated rings. The minimum Gasteiger partial charge on any atom is -0.494 e. The molecule has 0 amide bonds. The largest absolute Gasteiger partial charge is 0.494 e. The highest BCUT2D eigenvalue weighted by atomic mass is 35.5. The average molecular weight is 266 g/mol. The molecule has 1 unspecified atom stereocenters. The van der Waals surface area contributed by atoms with Crippen molar-refractivity contribution >= 4 is 11.6 Å². The second-order valence-corrected chi connectivity index (χ2v) is 4.27. The minimum absolute atomic E-state index is 0.176. The van der Waals surface area contributed by atoms with Gasteiger partial charge in [-0.3, -0.25) is 0 Å². The SMILES string of the molecule is COc1cccc(C(N)c2ccccc2Cl)c1F. The lowest BCUT2D eigenvalue weighted by Gasteiger charge is -2.16. The molecular formula is C14H13ClFNO. The maximum Gasteiger partial charge on any atom is 0.170 e. The molecule has 94 valence electrons. The number of nitrogens with two attached hydrogens (primary N) is 1. The summed E-state index contributed by atoms with van der Waals surface area (Å²) in [5, 5.41) is 0.521. The summed E-state index contributed by atoms with van der Waals surface area (Å²) in [6.45, 7) is 0. The summed E-state index contributed by atoms with van der Waals surface area (Å²) in [4.78, 5) is 0. The molecule has 2 nitrogen and oxygen atoms in total. The van der Waals surface area contributed by atoms with Gasteiger partial charge >= 0.3 is 0 Å². The van der Waals surface area contributed by atoms with Crippen LogP contribution in [0, 0.1) is 5.82 Å². The molecule has 2 aromatic carbocycles. The molecule has 0 aliphatic heterocycles. The van der Waals surface area contributed by atoms with Crippen LogP contribution < -0.4 is 10.5 Å². The molecule has 2 rings (SSSR count). The maximum atomic E-state index is 14.1. The van der Waals surface area contributed by atoms with Gasteiger partial charge in [0.1, 0.15) is 0 Å². The van der Waals surface area contributed by atoms with Gasteiger partial charge in [0.25, 0.3) is 0 Å². The van der Waals surface area contributed by atoms with Gasteiger partial charge in [-0.2, -0.15) is 0 Å². The Labute approximate surface area is 110 Å². The molecule has 0 heterocycles. The van der Waals surface area contributed by atoms with E-state index in [2.05, 4.69) is 0 Å². The third-order valence-electron chi connectivity index (χ3n) is 2.79. The Morgan fingerprint density at radius 2 is 1.78 bits per heavy atom. The Hall–Kier alpha value is -1.58. The van der Waals surface area contributed by atoms with Crippen molar-refractivity contribution in [1.82, 2.24) is 0 Å². The van der Waals surface area contributed by atoms with E-state index in [9.17, 15) is 4.39 Å². The molecule has 18 heavy (non-hydrogen) atoms. The second kappa shape index (κ2) is 5.38. The molecule has 0 aliphatic rings. The number of rotatable bonds is 3. The zero-order valence-corrected chi connectivity index (χ0v) is 10.6. The lowest BCUT2D eigenvalue weighted by molar-refractivity contribution is 0.383. The molecule has 0 radical (unpaired) electrons. The normalized spacial score (nSPS) is 12.2. The molecule has 0 spiro atoms. The van der Waals surface area contributed by atoms with Gasteiger partial charge in [0, 0.05) is 10.6 Å². The van der Waals surface area contributed by atoms with Gasteiger partial charge in [-0.25, -0.2) is 4.39 Å². The molecule has 2 N–H and O–H groups in total. The van der Waals surface area contributed by atoms with E-state index in [0.29, 0.717) is 16.1 Å². The Morgan fingerprint density at radius 1 is 1.11 bits per heavy atom. The smallest absolute Gasteiger partial charge is 0.170 e. The Balaban J connectivity index is 2.47. The van der Waals surface area contributed by atoms with Crippen LogP contribution >= 0.6 is 11.6 Å². The fourth-order valence-corrected chi connectivity index (χ4v) is 2.07. The van der Waals surface area contributed by atoms with Gasteiger partial charge in [-0.15, -0.1) is 0 Å². The number of methoxy groups -OCH3 is 1. The highest BCUT2D eigenvalue weighted by Gasteiger charge is 2.18. The number of benzene rings is 2. The molecule has 0 aliphatic carbocycles. The molecule has 0 saturated carbocycles. The standard InChI is InChI=1S/C14H13ClFNO/c1-18-12-8-4-6-10(13(12)16)14(17)9-5-2-3-7-11(9)15/h2-8,14H,17H2,1H3. The fourth-order valence-electron chi connectivity index (χ4n) is 1.82. The van der Waals surface area contributed by atoms with Gasteiger partial charge in [-0.05, 0) is 17.7 Å². The van der Waals surface area contributed by atoms with Crippen LogP contribution in [0.25, 0.3) is 0 Å². The second-order valence-electron chi connectivity index (χ2n) is 3.86. The van der Waals surface area contributed by atoms with Crippen LogP contribution in [0.3, 0.4) is 0 Å². The van der Waals surface area contributed by atoms with Crippen molar-refractivity contribution in [2.75, 3.05) is 7.11 Å². The first-order valence-corrected chi connectivity index (χ1v) is 5.85. The van der Waals surface area contributed by atoms with Crippen LogP contribution in [0.15, 0.2) is 42.5 Å². The van der Waals surface area contributed by atoms with E-state index >= 15 is 0 Å². The first kappa shape index (κ1) is 12.9. The summed E-state index contributed by atoms with van der Waals surface area (Å²) in [7, 11) is 1.42. The number of halogens is 2. The van der Waals surface area contributed by atoms with Gasteiger partial charge in [0.15, 0.2) is 11.6 Å². The summed E-state index contributed by atoms with van der Waals surface area (Å²) in [6, 6.07) is 11.4.